The van der Waals surface area contributed by atoms with E-state index in [0.717, 1.165) is 0 Å². The Morgan fingerprint density at radius 1 is 1.48 bits per heavy atom. The van der Waals surface area contributed by atoms with E-state index in [1.165, 1.54) is 18.3 Å². The first-order chi connectivity index (χ1) is 9.92. The number of sulfonamides is 1. The monoisotopic (exact) mass is 373 g/mol. The van der Waals surface area contributed by atoms with Crippen LogP contribution in [0.2, 0.25) is 0 Å². The van der Waals surface area contributed by atoms with E-state index in [-0.39, 0.29) is 23.1 Å². The number of carbonyl (C=O) groups is 1. The number of anilines is 1. The van der Waals surface area contributed by atoms with Gasteiger partial charge in [0.2, 0.25) is 5.82 Å². The molecule has 0 aliphatic rings. The van der Waals surface area contributed by atoms with Crippen LogP contribution in [0.4, 0.5) is 5.82 Å². The van der Waals surface area contributed by atoms with Gasteiger partial charge in [-0.1, -0.05) is 22.0 Å². The van der Waals surface area contributed by atoms with Crippen molar-refractivity contribution in [1.29, 1.82) is 0 Å². The molecule has 2 rings (SSSR count). The number of aromatic amines is 1. The number of imidazole rings is 1. The van der Waals surface area contributed by atoms with Gasteiger partial charge in [-0.3, -0.25) is 4.72 Å². The lowest BCUT2D eigenvalue weighted by atomic mass is 10.4. The average molecular weight is 374 g/mol. The summed E-state index contributed by atoms with van der Waals surface area (Å²) in [5.41, 5.74) is 0. The van der Waals surface area contributed by atoms with Gasteiger partial charge in [0.05, 0.1) is 17.7 Å². The molecule has 2 N–H and O–H groups in total. The zero-order valence-corrected chi connectivity index (χ0v) is 13.4. The average Bonchev–Trinajstić information content (AvgIpc) is 2.87. The summed E-state index contributed by atoms with van der Waals surface area (Å²) in [6, 6.07) is 6.24. The van der Waals surface area contributed by atoms with E-state index in [2.05, 4.69) is 30.6 Å². The van der Waals surface area contributed by atoms with Crippen molar-refractivity contribution in [3.05, 3.63) is 40.8 Å². The van der Waals surface area contributed by atoms with Crippen LogP contribution in [0.5, 0.6) is 0 Å². The van der Waals surface area contributed by atoms with Crippen LogP contribution < -0.4 is 4.72 Å². The lowest BCUT2D eigenvalue weighted by molar-refractivity contribution is 0.0513. The van der Waals surface area contributed by atoms with Gasteiger partial charge in [0.1, 0.15) is 5.82 Å². The van der Waals surface area contributed by atoms with E-state index >= 15 is 0 Å². The predicted octanol–water partition coefficient (Wildman–Crippen LogP) is 2.15. The maximum Gasteiger partial charge on any atom is 0.374 e. The van der Waals surface area contributed by atoms with Crippen molar-refractivity contribution in [2.75, 3.05) is 11.3 Å². The van der Waals surface area contributed by atoms with Gasteiger partial charge in [-0.05, 0) is 25.1 Å². The van der Waals surface area contributed by atoms with Crippen LogP contribution in [0.15, 0.2) is 39.8 Å². The summed E-state index contributed by atoms with van der Waals surface area (Å²) in [7, 11) is -3.76. The van der Waals surface area contributed by atoms with E-state index in [4.69, 9.17) is 4.74 Å². The number of nitrogens with one attached hydrogen (secondary N) is 2. The van der Waals surface area contributed by atoms with Crippen molar-refractivity contribution in [1.82, 2.24) is 9.97 Å². The van der Waals surface area contributed by atoms with Crippen LogP contribution in [-0.4, -0.2) is 31.0 Å². The Morgan fingerprint density at radius 2 is 2.24 bits per heavy atom. The molecule has 0 aliphatic carbocycles. The molecule has 0 saturated carbocycles. The third kappa shape index (κ3) is 3.82. The number of nitrogens with zero attached hydrogens (tertiary/aromatic N) is 1. The number of H-pyrrole nitrogens is 1. The molecule has 1 aromatic heterocycles. The summed E-state index contributed by atoms with van der Waals surface area (Å²) in [6.45, 7) is 1.87. The number of esters is 1. The van der Waals surface area contributed by atoms with Gasteiger partial charge >= 0.3 is 5.97 Å². The molecule has 0 radical (unpaired) electrons. The summed E-state index contributed by atoms with van der Waals surface area (Å²) < 4.78 is 32.0. The van der Waals surface area contributed by atoms with Gasteiger partial charge in [0.25, 0.3) is 10.0 Å². The Hall–Kier alpha value is -1.87. The zero-order valence-electron chi connectivity index (χ0n) is 11.0. The van der Waals surface area contributed by atoms with Gasteiger partial charge in [-0.15, -0.1) is 0 Å². The molecule has 7 nitrogen and oxygen atoms in total. The van der Waals surface area contributed by atoms with Crippen molar-refractivity contribution in [3.8, 4) is 0 Å². The molecule has 0 amide bonds. The molecule has 21 heavy (non-hydrogen) atoms. The summed E-state index contributed by atoms with van der Waals surface area (Å²) in [4.78, 5) is 17.8. The molecule has 0 saturated heterocycles. The summed E-state index contributed by atoms with van der Waals surface area (Å²) >= 11 is 3.21. The van der Waals surface area contributed by atoms with Crippen molar-refractivity contribution < 1.29 is 17.9 Å². The quantitative estimate of drug-likeness (QED) is 0.781. The van der Waals surface area contributed by atoms with Gasteiger partial charge < -0.3 is 9.72 Å². The second-order valence-corrected chi connectivity index (χ2v) is 6.53. The van der Waals surface area contributed by atoms with Crippen LogP contribution in [0.3, 0.4) is 0 Å². The van der Waals surface area contributed by atoms with Crippen LogP contribution in [0.25, 0.3) is 0 Å². The molecule has 9 heteroatoms. The maximum absolute atomic E-state index is 12.2. The summed E-state index contributed by atoms with van der Waals surface area (Å²) in [5.74, 6) is -0.632. The minimum atomic E-state index is -3.76. The molecular weight excluding hydrogens is 362 g/mol. The Labute approximate surface area is 129 Å². The highest BCUT2D eigenvalue weighted by Gasteiger charge is 2.17. The first-order valence-corrected chi connectivity index (χ1v) is 8.20. The van der Waals surface area contributed by atoms with Crippen molar-refractivity contribution in [2.45, 2.75) is 11.8 Å². The van der Waals surface area contributed by atoms with E-state index < -0.39 is 16.0 Å². The molecule has 0 spiro atoms. The molecule has 0 aliphatic heterocycles. The molecule has 112 valence electrons. The normalized spacial score (nSPS) is 11.1. The van der Waals surface area contributed by atoms with E-state index in [1.54, 1.807) is 19.1 Å². The highest BCUT2D eigenvalue weighted by atomic mass is 79.9. The first kappa shape index (κ1) is 15.5. The SMILES string of the molecule is CCOC(=O)c1ncc(NS(=O)(=O)c2cccc(Br)c2)[nH]1. The second kappa shape index (κ2) is 6.27. The van der Waals surface area contributed by atoms with Gasteiger partial charge in [-0.2, -0.15) is 0 Å². The fourth-order valence-electron chi connectivity index (χ4n) is 1.51. The largest absolute Gasteiger partial charge is 0.460 e. The standard InChI is InChI=1S/C12H12BrN3O4S/c1-2-20-12(17)11-14-7-10(15-11)16-21(18,19)9-5-3-4-8(13)6-9/h3-7,16H,2H2,1H3,(H,14,15). The summed E-state index contributed by atoms with van der Waals surface area (Å²) in [6.07, 6.45) is 1.21. The number of aromatic nitrogens is 2. The fourth-order valence-corrected chi connectivity index (χ4v) is 3.12. The number of rotatable bonds is 5. The lowest BCUT2D eigenvalue weighted by Gasteiger charge is -2.06. The minimum Gasteiger partial charge on any atom is -0.460 e. The van der Waals surface area contributed by atoms with Gasteiger partial charge in [-0.25, -0.2) is 18.2 Å². The molecule has 1 aromatic carbocycles. The highest BCUT2D eigenvalue weighted by molar-refractivity contribution is 9.10. The highest BCUT2D eigenvalue weighted by Crippen LogP contribution is 2.18. The van der Waals surface area contributed by atoms with E-state index in [0.29, 0.717) is 4.47 Å². The predicted molar refractivity (Wildman–Crippen MR) is 79.5 cm³/mol. The van der Waals surface area contributed by atoms with E-state index in [9.17, 15) is 13.2 Å². The van der Waals surface area contributed by atoms with Gasteiger partial charge in [0.15, 0.2) is 0 Å². The smallest absolute Gasteiger partial charge is 0.374 e. The van der Waals surface area contributed by atoms with Crippen molar-refractivity contribution >= 4 is 37.7 Å². The van der Waals surface area contributed by atoms with Crippen LogP contribution in [0, 0.1) is 0 Å². The molecule has 0 unspecified atom stereocenters. The third-order valence-electron chi connectivity index (χ3n) is 2.40. The lowest BCUT2D eigenvalue weighted by Crippen LogP contribution is -2.13. The van der Waals surface area contributed by atoms with Crippen molar-refractivity contribution in [2.24, 2.45) is 0 Å². The van der Waals surface area contributed by atoms with Gasteiger partial charge in [0, 0.05) is 4.47 Å². The maximum atomic E-state index is 12.2. The number of halogens is 1. The molecule has 2 aromatic rings. The molecule has 0 atom stereocenters. The zero-order chi connectivity index (χ0) is 15.5. The van der Waals surface area contributed by atoms with E-state index in [1.807, 2.05) is 0 Å². The topological polar surface area (TPSA) is 101 Å². The number of hydrogen-bond donors (Lipinski definition) is 2. The Kier molecular flexibility index (Phi) is 4.63. The third-order valence-corrected chi connectivity index (χ3v) is 4.25. The summed E-state index contributed by atoms with van der Waals surface area (Å²) in [5, 5.41) is 0. The Morgan fingerprint density at radius 3 is 2.90 bits per heavy atom. The Balaban J connectivity index is 2.20. The van der Waals surface area contributed by atoms with Crippen LogP contribution in [0.1, 0.15) is 17.5 Å². The van der Waals surface area contributed by atoms with Crippen LogP contribution >= 0.6 is 15.9 Å². The number of benzene rings is 1. The molecule has 0 fully saturated rings. The minimum absolute atomic E-state index is 0.0659. The van der Waals surface area contributed by atoms with Crippen molar-refractivity contribution in [3.63, 3.8) is 0 Å². The number of hydrogen-bond acceptors (Lipinski definition) is 5. The molecule has 0 bridgehead atoms. The number of carbonyl (C=O) groups excluding carboxylic acids is 1. The first-order valence-electron chi connectivity index (χ1n) is 5.93. The second-order valence-electron chi connectivity index (χ2n) is 3.93. The van der Waals surface area contributed by atoms with Crippen LogP contribution in [-0.2, 0) is 14.8 Å². The Bertz CT molecular complexity index is 757. The fraction of sp³-hybridized carbons (Fsp3) is 0.167. The molecule has 1 heterocycles. The molecular formula is C12H12BrN3O4S. The number of ether oxygens (including phenoxy) is 1.